The molecule has 1 aromatic carbocycles. The topological polar surface area (TPSA) is 82.2 Å². The summed E-state index contributed by atoms with van der Waals surface area (Å²) in [6.07, 6.45) is 1.94. The third kappa shape index (κ3) is 3.54. The lowest BCUT2D eigenvalue weighted by molar-refractivity contribution is -0.139. The van der Waals surface area contributed by atoms with E-state index in [4.69, 9.17) is 28.3 Å². The monoisotopic (exact) mass is 342 g/mol. The van der Waals surface area contributed by atoms with Crippen LogP contribution in [0.2, 0.25) is 10.0 Å². The number of H-pyrrole nitrogens is 1. The molecule has 5 nitrogen and oxygen atoms in total. The molecule has 1 aromatic heterocycles. The second kappa shape index (κ2) is 7.03. The predicted octanol–water partition coefficient (Wildman–Crippen LogP) is 3.85. The maximum Gasteiger partial charge on any atom is 0.326 e. The average Bonchev–Trinajstić information content (AvgIpc) is 2.80. The van der Waals surface area contributed by atoms with Gasteiger partial charge in [0.1, 0.15) is 11.7 Å². The van der Waals surface area contributed by atoms with Gasteiger partial charge < -0.3 is 15.4 Å². The van der Waals surface area contributed by atoms with Crippen molar-refractivity contribution in [3.63, 3.8) is 0 Å². The SMILES string of the molecule is CCCCC(NC(=O)c1[nH]c2ccc(Cl)cc2c1Cl)C(=O)O. The van der Waals surface area contributed by atoms with Crippen molar-refractivity contribution >= 4 is 46.0 Å². The molecule has 7 heteroatoms. The molecule has 0 aliphatic heterocycles. The van der Waals surface area contributed by atoms with Gasteiger partial charge in [0.2, 0.25) is 0 Å². The van der Waals surface area contributed by atoms with Gasteiger partial charge >= 0.3 is 5.97 Å². The van der Waals surface area contributed by atoms with Gasteiger partial charge in [-0.1, -0.05) is 43.0 Å². The van der Waals surface area contributed by atoms with Gasteiger partial charge in [-0.25, -0.2) is 4.79 Å². The molecule has 0 fully saturated rings. The number of aliphatic carboxylic acids is 1. The van der Waals surface area contributed by atoms with Gasteiger partial charge in [-0.05, 0) is 24.6 Å². The minimum absolute atomic E-state index is 0.140. The Balaban J connectivity index is 2.25. The average molecular weight is 343 g/mol. The van der Waals surface area contributed by atoms with E-state index in [0.29, 0.717) is 28.8 Å². The molecule has 1 atom stereocenters. The number of unbranched alkanes of at least 4 members (excludes halogenated alkanes) is 1. The quantitative estimate of drug-likeness (QED) is 0.745. The normalized spacial score (nSPS) is 12.3. The molecule has 1 unspecified atom stereocenters. The van der Waals surface area contributed by atoms with E-state index in [1.165, 1.54) is 0 Å². The second-order valence-electron chi connectivity index (χ2n) is 5.01. The zero-order valence-electron chi connectivity index (χ0n) is 12.0. The summed E-state index contributed by atoms with van der Waals surface area (Å²) >= 11 is 12.1. The summed E-state index contributed by atoms with van der Waals surface area (Å²) in [6.45, 7) is 1.96. The molecule has 0 saturated carbocycles. The Morgan fingerprint density at radius 2 is 2.09 bits per heavy atom. The Bertz CT molecular complexity index is 712. The number of carbonyl (C=O) groups is 2. The highest BCUT2D eigenvalue weighted by Gasteiger charge is 2.23. The molecule has 0 spiro atoms. The van der Waals surface area contributed by atoms with Crippen LogP contribution < -0.4 is 5.32 Å². The largest absolute Gasteiger partial charge is 0.480 e. The highest BCUT2D eigenvalue weighted by atomic mass is 35.5. The molecule has 1 heterocycles. The van der Waals surface area contributed by atoms with Crippen molar-refractivity contribution in [2.75, 3.05) is 0 Å². The Labute approximate surface area is 137 Å². The number of benzene rings is 1. The van der Waals surface area contributed by atoms with Crippen molar-refractivity contribution in [3.05, 3.63) is 33.9 Å². The van der Waals surface area contributed by atoms with Crippen LogP contribution in [0, 0.1) is 0 Å². The standard InChI is InChI=1S/C15H16Cl2N2O3/c1-2-3-4-11(15(21)22)19-14(20)13-12(17)9-7-8(16)5-6-10(9)18-13/h5-7,11,18H,2-4H2,1H3,(H,19,20)(H,21,22). The first kappa shape index (κ1) is 16.6. The second-order valence-corrected chi connectivity index (χ2v) is 5.82. The van der Waals surface area contributed by atoms with Gasteiger partial charge in [0.05, 0.1) is 5.02 Å². The van der Waals surface area contributed by atoms with Crippen molar-refractivity contribution in [1.82, 2.24) is 10.3 Å². The summed E-state index contributed by atoms with van der Waals surface area (Å²) in [5.41, 5.74) is 0.807. The number of hydrogen-bond acceptors (Lipinski definition) is 2. The fourth-order valence-corrected chi connectivity index (χ4v) is 2.65. The van der Waals surface area contributed by atoms with Crippen LogP contribution >= 0.6 is 23.2 Å². The lowest BCUT2D eigenvalue weighted by Crippen LogP contribution is -2.40. The number of nitrogens with one attached hydrogen (secondary N) is 2. The van der Waals surface area contributed by atoms with Gasteiger partial charge in [0.25, 0.3) is 5.91 Å². The van der Waals surface area contributed by atoms with Gasteiger partial charge in [-0.15, -0.1) is 0 Å². The number of fused-ring (bicyclic) bond motifs is 1. The summed E-state index contributed by atoms with van der Waals surface area (Å²) in [5.74, 6) is -1.60. The van der Waals surface area contributed by atoms with Crippen LogP contribution in [0.4, 0.5) is 0 Å². The summed E-state index contributed by atoms with van der Waals surface area (Å²) in [4.78, 5) is 26.4. The van der Waals surface area contributed by atoms with E-state index in [0.717, 1.165) is 6.42 Å². The Kier molecular flexibility index (Phi) is 5.32. The maximum atomic E-state index is 12.3. The number of carbonyl (C=O) groups excluding carboxylic acids is 1. The zero-order valence-corrected chi connectivity index (χ0v) is 13.5. The molecular weight excluding hydrogens is 327 g/mol. The van der Waals surface area contributed by atoms with Crippen molar-refractivity contribution < 1.29 is 14.7 Å². The van der Waals surface area contributed by atoms with Crippen molar-refractivity contribution in [2.24, 2.45) is 0 Å². The number of rotatable bonds is 6. The van der Waals surface area contributed by atoms with Crippen molar-refractivity contribution in [2.45, 2.75) is 32.2 Å². The molecule has 0 aliphatic carbocycles. The number of carboxylic acids is 1. The third-order valence-corrected chi connectivity index (χ3v) is 4.00. The fraction of sp³-hybridized carbons (Fsp3) is 0.333. The van der Waals surface area contributed by atoms with Crippen LogP contribution in [0.5, 0.6) is 0 Å². The van der Waals surface area contributed by atoms with E-state index in [9.17, 15) is 9.59 Å². The first-order valence-corrected chi connectivity index (χ1v) is 7.70. The summed E-state index contributed by atoms with van der Waals surface area (Å²) in [6, 6.07) is 4.11. The summed E-state index contributed by atoms with van der Waals surface area (Å²) < 4.78 is 0. The van der Waals surface area contributed by atoms with Gasteiger partial charge in [-0.3, -0.25) is 4.79 Å². The number of aromatic amines is 1. The van der Waals surface area contributed by atoms with E-state index < -0.39 is 17.9 Å². The van der Waals surface area contributed by atoms with Crippen LogP contribution in [0.15, 0.2) is 18.2 Å². The first-order valence-electron chi connectivity index (χ1n) is 6.94. The number of aromatic nitrogens is 1. The minimum Gasteiger partial charge on any atom is -0.480 e. The lowest BCUT2D eigenvalue weighted by atomic mass is 10.1. The molecule has 118 valence electrons. The molecule has 2 aromatic rings. The Morgan fingerprint density at radius 3 is 2.73 bits per heavy atom. The molecule has 0 radical (unpaired) electrons. The predicted molar refractivity (Wildman–Crippen MR) is 86.7 cm³/mol. The zero-order chi connectivity index (χ0) is 16.3. The van der Waals surface area contributed by atoms with Gasteiger partial charge in [-0.2, -0.15) is 0 Å². The number of hydrogen-bond donors (Lipinski definition) is 3. The molecule has 0 saturated heterocycles. The maximum absolute atomic E-state index is 12.3. The lowest BCUT2D eigenvalue weighted by Gasteiger charge is -2.13. The van der Waals surface area contributed by atoms with Gasteiger partial charge in [0.15, 0.2) is 0 Å². The molecule has 1 amide bonds. The molecule has 3 N–H and O–H groups in total. The van der Waals surface area contributed by atoms with E-state index in [-0.39, 0.29) is 10.7 Å². The smallest absolute Gasteiger partial charge is 0.326 e. The van der Waals surface area contributed by atoms with E-state index >= 15 is 0 Å². The summed E-state index contributed by atoms with van der Waals surface area (Å²) in [7, 11) is 0. The van der Waals surface area contributed by atoms with Crippen molar-refractivity contribution in [1.29, 1.82) is 0 Å². The summed E-state index contributed by atoms with van der Waals surface area (Å²) in [5, 5.41) is 13.0. The first-order chi connectivity index (χ1) is 10.4. The molecule has 2 rings (SSSR count). The van der Waals surface area contributed by atoms with Crippen LogP contribution in [-0.4, -0.2) is 28.0 Å². The number of amides is 1. The van der Waals surface area contributed by atoms with Crippen molar-refractivity contribution in [3.8, 4) is 0 Å². The van der Waals surface area contributed by atoms with Crippen LogP contribution in [-0.2, 0) is 4.79 Å². The Morgan fingerprint density at radius 1 is 1.36 bits per heavy atom. The fourth-order valence-electron chi connectivity index (χ4n) is 2.18. The third-order valence-electron chi connectivity index (χ3n) is 3.37. The Hall–Kier alpha value is -1.72. The van der Waals surface area contributed by atoms with Crippen LogP contribution in [0.25, 0.3) is 10.9 Å². The van der Waals surface area contributed by atoms with Gasteiger partial charge in [0, 0.05) is 15.9 Å². The van der Waals surface area contributed by atoms with Crippen LogP contribution in [0.3, 0.4) is 0 Å². The van der Waals surface area contributed by atoms with Crippen LogP contribution in [0.1, 0.15) is 36.7 Å². The molecular formula is C15H16Cl2N2O3. The van der Waals surface area contributed by atoms with E-state index in [1.54, 1.807) is 18.2 Å². The minimum atomic E-state index is -1.06. The number of carboxylic acid groups (broad SMARTS) is 1. The van der Waals surface area contributed by atoms with E-state index in [2.05, 4.69) is 10.3 Å². The highest BCUT2D eigenvalue weighted by Crippen LogP contribution is 2.29. The molecule has 0 aliphatic rings. The number of halogens is 2. The molecule has 0 bridgehead atoms. The van der Waals surface area contributed by atoms with E-state index in [1.807, 2.05) is 6.92 Å². The molecule has 22 heavy (non-hydrogen) atoms. The highest BCUT2D eigenvalue weighted by molar-refractivity contribution is 6.39.